The van der Waals surface area contributed by atoms with Crippen molar-refractivity contribution in [2.75, 3.05) is 33.1 Å². The van der Waals surface area contributed by atoms with E-state index in [0.29, 0.717) is 6.04 Å². The van der Waals surface area contributed by atoms with Crippen LogP contribution in [0.2, 0.25) is 0 Å². The fourth-order valence-electron chi connectivity index (χ4n) is 1.77. The number of methoxy groups -OCH3 is 1. The van der Waals surface area contributed by atoms with Crippen LogP contribution >= 0.6 is 0 Å². The maximum absolute atomic E-state index is 5.17. The number of ether oxygens (including phenoxy) is 1. The van der Waals surface area contributed by atoms with Crippen molar-refractivity contribution < 1.29 is 4.74 Å². The number of nitrogens with zero attached hydrogens (tertiary/aromatic N) is 1. The molecule has 0 saturated heterocycles. The summed E-state index contributed by atoms with van der Waals surface area (Å²) in [6.45, 7) is 3.89. The molecule has 1 rings (SSSR count). The zero-order chi connectivity index (χ0) is 12.7. The minimum atomic E-state index is 0.389. The van der Waals surface area contributed by atoms with Gasteiger partial charge in [-0.2, -0.15) is 0 Å². The molecule has 1 atom stereocenters. The second-order valence-electron chi connectivity index (χ2n) is 4.64. The predicted molar refractivity (Wildman–Crippen MR) is 73.4 cm³/mol. The quantitative estimate of drug-likeness (QED) is 0.787. The van der Waals surface area contributed by atoms with E-state index in [1.165, 1.54) is 5.56 Å². The summed E-state index contributed by atoms with van der Waals surface area (Å²) in [5.41, 5.74) is 2.50. The van der Waals surface area contributed by atoms with Crippen molar-refractivity contribution in [3.63, 3.8) is 0 Å². The Bertz CT molecular complexity index is 309. The van der Waals surface area contributed by atoms with Crippen LogP contribution in [-0.2, 0) is 11.3 Å². The zero-order valence-corrected chi connectivity index (χ0v) is 11.4. The Hall–Kier alpha value is -1.06. The van der Waals surface area contributed by atoms with Crippen molar-refractivity contribution in [3.8, 4) is 0 Å². The standard InChI is InChI=1S/C14H24N2O/c1-5-13(11-17-4)15-14-8-6-12(7-9-14)10-16(2)3/h6-9,13,15H,5,10-11H2,1-4H3. The van der Waals surface area contributed by atoms with Gasteiger partial charge in [0.25, 0.3) is 0 Å². The Morgan fingerprint density at radius 1 is 1.24 bits per heavy atom. The predicted octanol–water partition coefficient (Wildman–Crippen LogP) is 2.59. The fraction of sp³-hybridized carbons (Fsp3) is 0.571. The van der Waals surface area contributed by atoms with Crippen LogP contribution in [0.3, 0.4) is 0 Å². The average molecular weight is 236 g/mol. The summed E-state index contributed by atoms with van der Waals surface area (Å²) < 4.78 is 5.17. The molecule has 1 N–H and O–H groups in total. The van der Waals surface area contributed by atoms with Gasteiger partial charge in [0.15, 0.2) is 0 Å². The molecule has 17 heavy (non-hydrogen) atoms. The van der Waals surface area contributed by atoms with Crippen LogP contribution in [0.4, 0.5) is 5.69 Å². The third kappa shape index (κ3) is 5.20. The van der Waals surface area contributed by atoms with Crippen LogP contribution in [-0.4, -0.2) is 38.8 Å². The second-order valence-corrected chi connectivity index (χ2v) is 4.64. The fourth-order valence-corrected chi connectivity index (χ4v) is 1.77. The number of anilines is 1. The summed E-state index contributed by atoms with van der Waals surface area (Å²) in [5.74, 6) is 0. The summed E-state index contributed by atoms with van der Waals surface area (Å²) in [6.07, 6.45) is 1.06. The highest BCUT2D eigenvalue weighted by molar-refractivity contribution is 5.45. The first kappa shape index (κ1) is 14.0. The molecular formula is C14H24N2O. The first-order valence-electron chi connectivity index (χ1n) is 6.14. The molecule has 3 nitrogen and oxygen atoms in total. The van der Waals surface area contributed by atoms with Crippen molar-refractivity contribution in [2.24, 2.45) is 0 Å². The highest BCUT2D eigenvalue weighted by atomic mass is 16.5. The number of hydrogen-bond acceptors (Lipinski definition) is 3. The Kier molecular flexibility index (Phi) is 6.01. The van der Waals surface area contributed by atoms with Crippen LogP contribution in [0.1, 0.15) is 18.9 Å². The van der Waals surface area contributed by atoms with Gasteiger partial charge < -0.3 is 15.0 Å². The molecule has 96 valence electrons. The molecule has 3 heteroatoms. The Balaban J connectivity index is 2.54. The lowest BCUT2D eigenvalue weighted by molar-refractivity contribution is 0.184. The van der Waals surface area contributed by atoms with Gasteiger partial charge in [-0.1, -0.05) is 19.1 Å². The molecule has 0 bridgehead atoms. The topological polar surface area (TPSA) is 24.5 Å². The Labute approximate surface area is 105 Å². The zero-order valence-electron chi connectivity index (χ0n) is 11.4. The molecule has 0 aliphatic carbocycles. The Morgan fingerprint density at radius 2 is 1.88 bits per heavy atom. The Morgan fingerprint density at radius 3 is 2.35 bits per heavy atom. The molecule has 0 fully saturated rings. The monoisotopic (exact) mass is 236 g/mol. The number of nitrogens with one attached hydrogen (secondary N) is 1. The first-order valence-corrected chi connectivity index (χ1v) is 6.14. The van der Waals surface area contributed by atoms with Crippen molar-refractivity contribution in [1.29, 1.82) is 0 Å². The molecule has 0 spiro atoms. The van der Waals surface area contributed by atoms with Gasteiger partial charge in [0, 0.05) is 25.4 Å². The van der Waals surface area contributed by atoms with E-state index in [4.69, 9.17) is 4.74 Å². The molecule has 0 heterocycles. The molecule has 0 aliphatic heterocycles. The smallest absolute Gasteiger partial charge is 0.0663 e. The van der Waals surface area contributed by atoms with Crippen LogP contribution < -0.4 is 5.32 Å². The van der Waals surface area contributed by atoms with Gasteiger partial charge in [-0.05, 0) is 38.2 Å². The summed E-state index contributed by atoms with van der Waals surface area (Å²) in [4.78, 5) is 2.17. The summed E-state index contributed by atoms with van der Waals surface area (Å²) in [5, 5.41) is 3.47. The molecule has 0 aromatic heterocycles. The van der Waals surface area contributed by atoms with Gasteiger partial charge in [0.05, 0.1) is 6.61 Å². The van der Waals surface area contributed by atoms with Crippen LogP contribution in [0.25, 0.3) is 0 Å². The van der Waals surface area contributed by atoms with Crippen molar-refractivity contribution >= 4 is 5.69 Å². The van der Waals surface area contributed by atoms with Crippen molar-refractivity contribution in [2.45, 2.75) is 25.9 Å². The van der Waals surface area contributed by atoms with Crippen molar-refractivity contribution in [3.05, 3.63) is 29.8 Å². The lowest BCUT2D eigenvalue weighted by Crippen LogP contribution is -2.23. The average Bonchev–Trinajstić information content (AvgIpc) is 2.30. The SMILES string of the molecule is CCC(COC)Nc1ccc(CN(C)C)cc1. The lowest BCUT2D eigenvalue weighted by Gasteiger charge is -2.17. The van der Waals surface area contributed by atoms with Gasteiger partial charge in [-0.25, -0.2) is 0 Å². The van der Waals surface area contributed by atoms with E-state index in [2.05, 4.69) is 55.5 Å². The van der Waals surface area contributed by atoms with E-state index >= 15 is 0 Å². The molecule has 1 aromatic carbocycles. The van der Waals surface area contributed by atoms with E-state index in [9.17, 15) is 0 Å². The largest absolute Gasteiger partial charge is 0.383 e. The number of hydrogen-bond donors (Lipinski definition) is 1. The molecular weight excluding hydrogens is 212 g/mol. The van der Waals surface area contributed by atoms with Crippen LogP contribution in [0.5, 0.6) is 0 Å². The normalized spacial score (nSPS) is 12.8. The van der Waals surface area contributed by atoms with Gasteiger partial charge in [-0.3, -0.25) is 0 Å². The molecule has 0 amide bonds. The van der Waals surface area contributed by atoms with E-state index in [0.717, 1.165) is 25.3 Å². The van der Waals surface area contributed by atoms with Crippen LogP contribution in [0.15, 0.2) is 24.3 Å². The molecule has 1 unspecified atom stereocenters. The van der Waals surface area contributed by atoms with E-state index in [1.807, 2.05) is 0 Å². The molecule has 0 radical (unpaired) electrons. The summed E-state index contributed by atoms with van der Waals surface area (Å²) in [7, 11) is 5.90. The first-order chi connectivity index (χ1) is 8.15. The minimum Gasteiger partial charge on any atom is -0.383 e. The van der Waals surface area contributed by atoms with Gasteiger partial charge in [-0.15, -0.1) is 0 Å². The van der Waals surface area contributed by atoms with Gasteiger partial charge in [0.1, 0.15) is 0 Å². The van der Waals surface area contributed by atoms with Gasteiger partial charge in [0.2, 0.25) is 0 Å². The minimum absolute atomic E-state index is 0.389. The summed E-state index contributed by atoms with van der Waals surface area (Å²) in [6, 6.07) is 9.00. The molecule has 1 aromatic rings. The summed E-state index contributed by atoms with van der Waals surface area (Å²) >= 11 is 0. The third-order valence-corrected chi connectivity index (χ3v) is 2.68. The highest BCUT2D eigenvalue weighted by Crippen LogP contribution is 2.12. The maximum atomic E-state index is 5.17. The second kappa shape index (κ2) is 7.30. The molecule has 0 aliphatic rings. The van der Waals surface area contributed by atoms with E-state index in [1.54, 1.807) is 7.11 Å². The van der Waals surface area contributed by atoms with Crippen molar-refractivity contribution in [1.82, 2.24) is 4.90 Å². The highest BCUT2D eigenvalue weighted by Gasteiger charge is 2.05. The number of benzene rings is 1. The number of rotatable bonds is 7. The lowest BCUT2D eigenvalue weighted by atomic mass is 10.1. The van der Waals surface area contributed by atoms with Crippen LogP contribution in [0, 0.1) is 0 Å². The maximum Gasteiger partial charge on any atom is 0.0663 e. The van der Waals surface area contributed by atoms with E-state index < -0.39 is 0 Å². The van der Waals surface area contributed by atoms with Gasteiger partial charge >= 0.3 is 0 Å². The third-order valence-electron chi connectivity index (χ3n) is 2.68. The van der Waals surface area contributed by atoms with E-state index in [-0.39, 0.29) is 0 Å². The molecule has 0 saturated carbocycles.